The summed E-state index contributed by atoms with van der Waals surface area (Å²) in [5, 5.41) is 5.73. The monoisotopic (exact) mass is 380 g/mol. The number of aromatic nitrogens is 2. The summed E-state index contributed by atoms with van der Waals surface area (Å²) in [4.78, 5) is 25.2. The van der Waals surface area contributed by atoms with Gasteiger partial charge in [-0.05, 0) is 25.0 Å². The number of hydrogen-bond acceptors (Lipinski definition) is 5. The van der Waals surface area contributed by atoms with Crippen LogP contribution in [-0.2, 0) is 0 Å². The van der Waals surface area contributed by atoms with Crippen LogP contribution in [0, 0.1) is 0 Å². The molecule has 0 saturated heterocycles. The van der Waals surface area contributed by atoms with Crippen molar-refractivity contribution in [2.45, 2.75) is 25.9 Å². The molecule has 6 nitrogen and oxygen atoms in total. The van der Waals surface area contributed by atoms with Crippen molar-refractivity contribution in [1.82, 2.24) is 19.4 Å². The summed E-state index contributed by atoms with van der Waals surface area (Å²) in [6, 6.07) is 18.8. The van der Waals surface area contributed by atoms with Crippen molar-refractivity contribution in [3.05, 3.63) is 83.2 Å². The van der Waals surface area contributed by atoms with Gasteiger partial charge in [-0.15, -0.1) is 0 Å². The van der Waals surface area contributed by atoms with E-state index < -0.39 is 11.8 Å². The van der Waals surface area contributed by atoms with Gasteiger partial charge in [-0.3, -0.25) is 9.59 Å². The zero-order chi connectivity index (χ0) is 19.2. The van der Waals surface area contributed by atoms with Crippen molar-refractivity contribution < 1.29 is 9.59 Å². The van der Waals surface area contributed by atoms with E-state index in [1.807, 2.05) is 74.5 Å². The summed E-state index contributed by atoms with van der Waals surface area (Å²) >= 11 is 0.847. The van der Waals surface area contributed by atoms with Crippen LogP contribution in [0.3, 0.4) is 0 Å². The zero-order valence-corrected chi connectivity index (χ0v) is 15.9. The third kappa shape index (κ3) is 4.57. The standard InChI is InChI=1S/C20H20N4O2S/c1-13(15-9-5-3-6-10-15)21-19(25)17-18(24-27-23-17)20(26)22-14(2)16-11-7-4-8-12-16/h3-14H,1-2H3,(H,21,25)(H,22,26). The van der Waals surface area contributed by atoms with Gasteiger partial charge in [0.25, 0.3) is 11.8 Å². The highest BCUT2D eigenvalue weighted by atomic mass is 32.1. The van der Waals surface area contributed by atoms with Crippen molar-refractivity contribution >= 4 is 23.5 Å². The van der Waals surface area contributed by atoms with Gasteiger partial charge in [-0.25, -0.2) is 0 Å². The second kappa shape index (κ2) is 8.55. The molecule has 2 atom stereocenters. The lowest BCUT2D eigenvalue weighted by Crippen LogP contribution is -2.32. The van der Waals surface area contributed by atoms with Crippen molar-refractivity contribution in [1.29, 1.82) is 0 Å². The Labute approximate surface area is 162 Å². The van der Waals surface area contributed by atoms with Gasteiger partial charge < -0.3 is 10.6 Å². The number of benzene rings is 2. The van der Waals surface area contributed by atoms with E-state index in [0.717, 1.165) is 22.9 Å². The lowest BCUT2D eigenvalue weighted by molar-refractivity contribution is 0.0899. The molecule has 3 aromatic rings. The van der Waals surface area contributed by atoms with E-state index in [1.54, 1.807) is 0 Å². The van der Waals surface area contributed by atoms with E-state index in [9.17, 15) is 9.59 Å². The van der Waals surface area contributed by atoms with E-state index in [-0.39, 0.29) is 23.5 Å². The zero-order valence-electron chi connectivity index (χ0n) is 15.0. The molecule has 2 aromatic carbocycles. The summed E-state index contributed by atoms with van der Waals surface area (Å²) in [5.41, 5.74) is 2.02. The van der Waals surface area contributed by atoms with E-state index in [0.29, 0.717) is 0 Å². The molecule has 0 radical (unpaired) electrons. The Morgan fingerprint density at radius 1 is 0.741 bits per heavy atom. The highest BCUT2D eigenvalue weighted by Gasteiger charge is 2.24. The maximum atomic E-state index is 12.6. The smallest absolute Gasteiger partial charge is 0.274 e. The SMILES string of the molecule is CC(NC(=O)c1nsnc1C(=O)NC(C)c1ccccc1)c1ccccc1. The Morgan fingerprint density at radius 2 is 1.11 bits per heavy atom. The first-order valence-electron chi connectivity index (χ1n) is 8.60. The molecule has 2 unspecified atom stereocenters. The molecule has 0 saturated carbocycles. The van der Waals surface area contributed by atoms with Crippen LogP contribution in [0.2, 0.25) is 0 Å². The predicted octanol–water partition coefficient (Wildman–Crippen LogP) is 3.52. The number of nitrogens with zero attached hydrogens (tertiary/aromatic N) is 2. The van der Waals surface area contributed by atoms with Gasteiger partial charge in [0.05, 0.1) is 23.8 Å². The summed E-state index contributed by atoms with van der Waals surface area (Å²) in [6.45, 7) is 3.76. The largest absolute Gasteiger partial charge is 0.344 e. The summed E-state index contributed by atoms with van der Waals surface area (Å²) in [7, 11) is 0. The van der Waals surface area contributed by atoms with E-state index >= 15 is 0 Å². The average molecular weight is 380 g/mol. The fourth-order valence-electron chi connectivity index (χ4n) is 2.67. The molecule has 0 aliphatic rings. The second-order valence-corrected chi connectivity index (χ2v) is 6.70. The molecule has 0 spiro atoms. The van der Waals surface area contributed by atoms with Gasteiger partial charge >= 0.3 is 0 Å². The van der Waals surface area contributed by atoms with Gasteiger partial charge in [0.2, 0.25) is 0 Å². The first kappa shape index (κ1) is 18.7. The molecule has 0 aliphatic carbocycles. The first-order valence-corrected chi connectivity index (χ1v) is 9.33. The number of hydrogen-bond donors (Lipinski definition) is 2. The minimum atomic E-state index is -0.419. The Balaban J connectivity index is 1.69. The number of carbonyl (C=O) groups is 2. The van der Waals surface area contributed by atoms with Crippen molar-refractivity contribution in [3.8, 4) is 0 Å². The van der Waals surface area contributed by atoms with E-state index in [4.69, 9.17) is 0 Å². The van der Waals surface area contributed by atoms with Crippen LogP contribution < -0.4 is 10.6 Å². The summed E-state index contributed by atoms with van der Waals surface area (Å²) in [5.74, 6) is -0.838. The molecule has 1 aromatic heterocycles. The van der Waals surface area contributed by atoms with Crippen LogP contribution in [0.4, 0.5) is 0 Å². The highest BCUT2D eigenvalue weighted by Crippen LogP contribution is 2.16. The number of amides is 2. The Bertz CT molecular complexity index is 838. The molecular formula is C20H20N4O2S. The van der Waals surface area contributed by atoms with Gasteiger partial charge in [-0.1, -0.05) is 60.7 Å². The lowest BCUT2D eigenvalue weighted by Gasteiger charge is -2.15. The van der Waals surface area contributed by atoms with Crippen LogP contribution in [0.25, 0.3) is 0 Å². The van der Waals surface area contributed by atoms with E-state index in [2.05, 4.69) is 19.4 Å². The Hall–Kier alpha value is -3.06. The summed E-state index contributed by atoms with van der Waals surface area (Å²) < 4.78 is 8.04. The highest BCUT2D eigenvalue weighted by molar-refractivity contribution is 6.99. The van der Waals surface area contributed by atoms with Gasteiger partial charge in [0, 0.05) is 0 Å². The summed E-state index contributed by atoms with van der Waals surface area (Å²) in [6.07, 6.45) is 0. The molecule has 0 aliphatic heterocycles. The third-order valence-electron chi connectivity index (χ3n) is 4.21. The second-order valence-electron chi connectivity index (χ2n) is 6.17. The molecule has 138 valence electrons. The number of carbonyl (C=O) groups excluding carboxylic acids is 2. The molecule has 7 heteroatoms. The van der Waals surface area contributed by atoms with Crippen LogP contribution in [0.15, 0.2) is 60.7 Å². The lowest BCUT2D eigenvalue weighted by atomic mass is 10.1. The topological polar surface area (TPSA) is 84.0 Å². The third-order valence-corrected chi connectivity index (χ3v) is 4.74. The predicted molar refractivity (Wildman–Crippen MR) is 105 cm³/mol. The molecule has 0 fully saturated rings. The van der Waals surface area contributed by atoms with Gasteiger partial charge in [-0.2, -0.15) is 8.75 Å². The van der Waals surface area contributed by atoms with Crippen LogP contribution in [0.5, 0.6) is 0 Å². The maximum absolute atomic E-state index is 12.6. The molecule has 0 bridgehead atoms. The average Bonchev–Trinajstić information content (AvgIpc) is 3.19. The van der Waals surface area contributed by atoms with E-state index in [1.165, 1.54) is 0 Å². The normalized spacial score (nSPS) is 12.8. The van der Waals surface area contributed by atoms with Gasteiger partial charge in [0.15, 0.2) is 11.4 Å². The fourth-order valence-corrected chi connectivity index (χ4v) is 3.21. The van der Waals surface area contributed by atoms with Gasteiger partial charge in [0.1, 0.15) is 0 Å². The Morgan fingerprint density at radius 3 is 1.48 bits per heavy atom. The maximum Gasteiger partial charge on any atom is 0.274 e. The van der Waals surface area contributed by atoms with Crippen molar-refractivity contribution in [2.75, 3.05) is 0 Å². The molecule has 27 heavy (non-hydrogen) atoms. The van der Waals surface area contributed by atoms with Crippen LogP contribution in [-0.4, -0.2) is 20.6 Å². The minimum Gasteiger partial charge on any atom is -0.344 e. The first-order chi connectivity index (χ1) is 13.1. The molecule has 3 rings (SSSR count). The molecule has 2 N–H and O–H groups in total. The molecule has 2 amide bonds. The Kier molecular flexibility index (Phi) is 5.93. The fraction of sp³-hybridized carbons (Fsp3) is 0.200. The molecular weight excluding hydrogens is 360 g/mol. The number of nitrogens with one attached hydrogen (secondary N) is 2. The quantitative estimate of drug-likeness (QED) is 0.685. The number of rotatable bonds is 6. The van der Waals surface area contributed by atoms with Crippen LogP contribution >= 0.6 is 11.7 Å². The van der Waals surface area contributed by atoms with Crippen molar-refractivity contribution in [3.63, 3.8) is 0 Å². The molecule has 1 heterocycles. The van der Waals surface area contributed by atoms with Crippen LogP contribution in [0.1, 0.15) is 58.0 Å². The minimum absolute atomic E-state index is 0.0422. The van der Waals surface area contributed by atoms with Crippen molar-refractivity contribution in [2.24, 2.45) is 0 Å².